The quantitative estimate of drug-likeness (QED) is 0.891. The number of hydrogen-bond donors (Lipinski definition) is 2. The summed E-state index contributed by atoms with van der Waals surface area (Å²) in [5.74, 6) is 0.0120. The van der Waals surface area contributed by atoms with E-state index in [1.807, 2.05) is 24.3 Å². The summed E-state index contributed by atoms with van der Waals surface area (Å²) < 4.78 is 6.66. The minimum Gasteiger partial charge on any atom is -0.375 e. The van der Waals surface area contributed by atoms with E-state index in [0.29, 0.717) is 19.6 Å². The fraction of sp³-hybridized carbons (Fsp3) is 0.429. The van der Waals surface area contributed by atoms with Crippen LogP contribution in [0.2, 0.25) is 0 Å². The van der Waals surface area contributed by atoms with Gasteiger partial charge in [0.1, 0.15) is 5.01 Å². The van der Waals surface area contributed by atoms with Crippen molar-refractivity contribution in [3.63, 3.8) is 0 Å². The first-order valence-electron chi connectivity index (χ1n) is 6.75. The van der Waals surface area contributed by atoms with Crippen LogP contribution < -0.4 is 10.6 Å². The van der Waals surface area contributed by atoms with E-state index in [4.69, 9.17) is 4.74 Å². The van der Waals surface area contributed by atoms with E-state index in [1.165, 1.54) is 0 Å². The third-order valence-corrected chi connectivity index (χ3v) is 4.23. The zero-order chi connectivity index (χ0) is 13.8. The molecular weight excluding hydrogens is 274 g/mol. The van der Waals surface area contributed by atoms with Crippen LogP contribution in [0.3, 0.4) is 0 Å². The van der Waals surface area contributed by atoms with Crippen LogP contribution in [0.5, 0.6) is 0 Å². The Morgan fingerprint density at radius 2 is 2.40 bits per heavy atom. The van der Waals surface area contributed by atoms with Crippen LogP contribution in [-0.4, -0.2) is 36.7 Å². The summed E-state index contributed by atoms with van der Waals surface area (Å²) in [7, 11) is 0. The van der Waals surface area contributed by atoms with Gasteiger partial charge < -0.3 is 15.4 Å². The Hall–Kier alpha value is -1.50. The second kappa shape index (κ2) is 6.30. The Labute approximate surface area is 121 Å². The van der Waals surface area contributed by atoms with E-state index < -0.39 is 0 Å². The smallest absolute Gasteiger partial charge is 0.223 e. The van der Waals surface area contributed by atoms with Crippen molar-refractivity contribution in [2.24, 2.45) is 0 Å². The number of morpholine rings is 1. The molecule has 1 atom stereocenters. The minimum absolute atomic E-state index is 0.0120. The highest BCUT2D eigenvalue weighted by Gasteiger charge is 2.17. The third kappa shape index (κ3) is 3.33. The monoisotopic (exact) mass is 291 g/mol. The van der Waals surface area contributed by atoms with Crippen LogP contribution in [0.25, 0.3) is 10.2 Å². The van der Waals surface area contributed by atoms with E-state index in [0.717, 1.165) is 28.3 Å². The first-order valence-corrected chi connectivity index (χ1v) is 7.56. The highest BCUT2D eigenvalue weighted by molar-refractivity contribution is 7.18. The summed E-state index contributed by atoms with van der Waals surface area (Å²) in [4.78, 5) is 16.3. The first-order chi connectivity index (χ1) is 9.81. The molecule has 1 saturated heterocycles. The maximum Gasteiger partial charge on any atom is 0.223 e. The predicted octanol–water partition coefficient (Wildman–Crippen LogP) is 1.29. The lowest BCUT2D eigenvalue weighted by molar-refractivity contribution is -0.124. The Morgan fingerprint density at radius 1 is 1.50 bits per heavy atom. The maximum atomic E-state index is 11.9. The molecule has 20 heavy (non-hydrogen) atoms. The number of benzene rings is 1. The SMILES string of the molecule is O=C(CC1CNCCO1)NCc1nc2ccccc2s1. The first kappa shape index (κ1) is 13.5. The zero-order valence-corrected chi connectivity index (χ0v) is 11.9. The molecule has 5 nitrogen and oxygen atoms in total. The van der Waals surface area contributed by atoms with Crippen molar-refractivity contribution in [1.29, 1.82) is 0 Å². The van der Waals surface area contributed by atoms with Crippen LogP contribution in [0.1, 0.15) is 11.4 Å². The predicted molar refractivity (Wildman–Crippen MR) is 78.7 cm³/mol. The van der Waals surface area contributed by atoms with Gasteiger partial charge in [-0.3, -0.25) is 4.79 Å². The van der Waals surface area contributed by atoms with Gasteiger partial charge in [0.25, 0.3) is 0 Å². The van der Waals surface area contributed by atoms with Gasteiger partial charge in [0, 0.05) is 13.1 Å². The van der Waals surface area contributed by atoms with Crippen LogP contribution in [0.15, 0.2) is 24.3 Å². The number of hydrogen-bond acceptors (Lipinski definition) is 5. The van der Waals surface area contributed by atoms with Gasteiger partial charge in [-0.05, 0) is 12.1 Å². The molecule has 3 rings (SSSR count). The molecule has 0 bridgehead atoms. The van der Waals surface area contributed by atoms with Crippen molar-refractivity contribution >= 4 is 27.5 Å². The largest absolute Gasteiger partial charge is 0.375 e. The number of carbonyl (C=O) groups is 1. The molecule has 1 unspecified atom stereocenters. The van der Waals surface area contributed by atoms with E-state index in [2.05, 4.69) is 15.6 Å². The van der Waals surface area contributed by atoms with Crippen molar-refractivity contribution in [3.05, 3.63) is 29.3 Å². The van der Waals surface area contributed by atoms with E-state index in [-0.39, 0.29) is 12.0 Å². The Bertz CT molecular complexity index is 560. The van der Waals surface area contributed by atoms with Gasteiger partial charge in [-0.25, -0.2) is 4.98 Å². The molecule has 2 N–H and O–H groups in total. The molecule has 106 valence electrons. The number of ether oxygens (including phenoxy) is 1. The van der Waals surface area contributed by atoms with E-state index in [1.54, 1.807) is 11.3 Å². The zero-order valence-electron chi connectivity index (χ0n) is 11.1. The number of nitrogens with zero attached hydrogens (tertiary/aromatic N) is 1. The van der Waals surface area contributed by atoms with Gasteiger partial charge >= 0.3 is 0 Å². The lowest BCUT2D eigenvalue weighted by Crippen LogP contribution is -2.41. The van der Waals surface area contributed by atoms with E-state index >= 15 is 0 Å². The minimum atomic E-state index is -0.0147. The molecule has 0 aliphatic carbocycles. The number of carbonyl (C=O) groups excluding carboxylic acids is 1. The molecule has 0 spiro atoms. The van der Waals surface area contributed by atoms with Crippen LogP contribution in [0.4, 0.5) is 0 Å². The van der Waals surface area contributed by atoms with Crippen LogP contribution in [-0.2, 0) is 16.1 Å². The summed E-state index contributed by atoms with van der Waals surface area (Å²) in [5.41, 5.74) is 0.988. The maximum absolute atomic E-state index is 11.9. The third-order valence-electron chi connectivity index (χ3n) is 3.19. The summed E-state index contributed by atoms with van der Waals surface area (Å²) >= 11 is 1.62. The number of amides is 1. The standard InChI is InChI=1S/C14H17N3O2S/c18-13(7-10-8-15-5-6-19-10)16-9-14-17-11-3-1-2-4-12(11)20-14/h1-4,10,15H,5-9H2,(H,16,18). The van der Waals surface area contributed by atoms with Crippen molar-refractivity contribution in [1.82, 2.24) is 15.6 Å². The molecule has 0 radical (unpaired) electrons. The van der Waals surface area contributed by atoms with Gasteiger partial charge in [0.15, 0.2) is 0 Å². The molecule has 1 aromatic heterocycles. The van der Waals surface area contributed by atoms with E-state index in [9.17, 15) is 4.79 Å². The molecule has 2 aromatic rings. The highest BCUT2D eigenvalue weighted by Crippen LogP contribution is 2.21. The number of thiazole rings is 1. The summed E-state index contributed by atoms with van der Waals surface area (Å²) in [5, 5.41) is 7.06. The molecule has 2 heterocycles. The van der Waals surface area contributed by atoms with Gasteiger partial charge in [0.05, 0.1) is 35.9 Å². The Balaban J connectivity index is 1.51. The Kier molecular flexibility index (Phi) is 4.25. The molecule has 1 aliphatic rings. The molecule has 6 heteroatoms. The topological polar surface area (TPSA) is 63.2 Å². The van der Waals surface area contributed by atoms with Crippen molar-refractivity contribution in [2.45, 2.75) is 19.1 Å². The average molecular weight is 291 g/mol. The number of rotatable bonds is 4. The van der Waals surface area contributed by atoms with Crippen molar-refractivity contribution in [3.8, 4) is 0 Å². The second-order valence-corrected chi connectivity index (χ2v) is 5.87. The molecule has 1 aromatic carbocycles. The van der Waals surface area contributed by atoms with Crippen LogP contribution in [0, 0.1) is 0 Å². The number of aromatic nitrogens is 1. The molecular formula is C14H17N3O2S. The van der Waals surface area contributed by atoms with Gasteiger partial charge in [0.2, 0.25) is 5.91 Å². The lowest BCUT2D eigenvalue weighted by atomic mass is 10.2. The van der Waals surface area contributed by atoms with Crippen molar-refractivity contribution in [2.75, 3.05) is 19.7 Å². The second-order valence-electron chi connectivity index (χ2n) is 4.75. The number of fused-ring (bicyclic) bond motifs is 1. The number of para-hydroxylation sites is 1. The van der Waals surface area contributed by atoms with Crippen LogP contribution >= 0.6 is 11.3 Å². The van der Waals surface area contributed by atoms with Gasteiger partial charge in [-0.2, -0.15) is 0 Å². The van der Waals surface area contributed by atoms with Gasteiger partial charge in [-0.1, -0.05) is 12.1 Å². The summed E-state index contributed by atoms with van der Waals surface area (Å²) in [6.45, 7) is 2.77. The Morgan fingerprint density at radius 3 is 3.20 bits per heavy atom. The molecule has 1 fully saturated rings. The highest BCUT2D eigenvalue weighted by atomic mass is 32.1. The van der Waals surface area contributed by atoms with Gasteiger partial charge in [-0.15, -0.1) is 11.3 Å². The fourth-order valence-electron chi connectivity index (χ4n) is 2.20. The normalized spacial score (nSPS) is 19.1. The molecule has 1 aliphatic heterocycles. The van der Waals surface area contributed by atoms with Crippen molar-refractivity contribution < 1.29 is 9.53 Å². The summed E-state index contributed by atoms with van der Waals surface area (Å²) in [6, 6.07) is 7.99. The lowest BCUT2D eigenvalue weighted by Gasteiger charge is -2.22. The molecule has 0 saturated carbocycles. The molecule has 1 amide bonds. The number of nitrogens with one attached hydrogen (secondary N) is 2. The average Bonchev–Trinajstić information content (AvgIpc) is 2.89. The fourth-order valence-corrected chi connectivity index (χ4v) is 3.11. The summed E-state index contributed by atoms with van der Waals surface area (Å²) in [6.07, 6.45) is 0.386.